The molecule has 1 fully saturated rings. The Morgan fingerprint density at radius 3 is 2.75 bits per heavy atom. The Bertz CT molecular complexity index is 638. The zero-order chi connectivity index (χ0) is 14.2. The van der Waals surface area contributed by atoms with E-state index in [-0.39, 0.29) is 11.3 Å². The molecular weight excluding hydrogens is 254 g/mol. The number of benzene rings is 1. The van der Waals surface area contributed by atoms with Gasteiger partial charge < -0.3 is 14.8 Å². The number of para-hydroxylation sites is 1. The lowest BCUT2D eigenvalue weighted by Gasteiger charge is -2.25. The second-order valence-corrected chi connectivity index (χ2v) is 5.83. The molecule has 1 aromatic carbocycles. The van der Waals surface area contributed by atoms with Crippen molar-refractivity contribution in [3.05, 3.63) is 35.6 Å². The van der Waals surface area contributed by atoms with E-state index in [1.54, 1.807) is 0 Å². The molecule has 4 heteroatoms. The quantitative estimate of drug-likeness (QED) is 0.894. The van der Waals surface area contributed by atoms with Gasteiger partial charge in [-0.05, 0) is 25.8 Å². The SMILES string of the molecule is CC1(NCc2c(C(=O)O)oc3ccccc23)CCCC1. The monoisotopic (exact) mass is 273 g/mol. The lowest BCUT2D eigenvalue weighted by Crippen LogP contribution is -2.39. The maximum absolute atomic E-state index is 11.3. The minimum absolute atomic E-state index is 0.0558. The second kappa shape index (κ2) is 4.94. The van der Waals surface area contributed by atoms with Crippen molar-refractivity contribution in [3.63, 3.8) is 0 Å². The Morgan fingerprint density at radius 2 is 2.05 bits per heavy atom. The summed E-state index contributed by atoms with van der Waals surface area (Å²) in [5.74, 6) is -0.949. The Morgan fingerprint density at radius 1 is 1.35 bits per heavy atom. The summed E-state index contributed by atoms with van der Waals surface area (Å²) in [6, 6.07) is 7.49. The molecule has 1 aliphatic rings. The minimum Gasteiger partial charge on any atom is -0.475 e. The molecule has 106 valence electrons. The molecule has 4 nitrogen and oxygen atoms in total. The highest BCUT2D eigenvalue weighted by atomic mass is 16.4. The first-order chi connectivity index (χ1) is 9.59. The lowest BCUT2D eigenvalue weighted by molar-refractivity contribution is 0.0662. The van der Waals surface area contributed by atoms with Crippen molar-refractivity contribution in [2.75, 3.05) is 0 Å². The van der Waals surface area contributed by atoms with Gasteiger partial charge in [-0.15, -0.1) is 0 Å². The van der Waals surface area contributed by atoms with E-state index in [1.807, 2.05) is 24.3 Å². The molecule has 0 atom stereocenters. The van der Waals surface area contributed by atoms with Gasteiger partial charge in [-0.2, -0.15) is 0 Å². The highest BCUT2D eigenvalue weighted by Gasteiger charge is 2.29. The van der Waals surface area contributed by atoms with Gasteiger partial charge in [0.05, 0.1) is 0 Å². The number of carboxylic acids is 1. The van der Waals surface area contributed by atoms with Gasteiger partial charge in [-0.1, -0.05) is 31.0 Å². The van der Waals surface area contributed by atoms with Crippen molar-refractivity contribution in [2.45, 2.75) is 44.7 Å². The van der Waals surface area contributed by atoms with Crippen LogP contribution in [-0.2, 0) is 6.54 Å². The van der Waals surface area contributed by atoms with E-state index < -0.39 is 5.97 Å². The lowest BCUT2D eigenvalue weighted by atomic mass is 10.00. The van der Waals surface area contributed by atoms with Crippen molar-refractivity contribution in [3.8, 4) is 0 Å². The number of nitrogens with one attached hydrogen (secondary N) is 1. The first kappa shape index (κ1) is 13.2. The van der Waals surface area contributed by atoms with Crippen LogP contribution in [0.4, 0.5) is 0 Å². The number of aromatic carboxylic acids is 1. The molecule has 0 spiro atoms. The second-order valence-electron chi connectivity index (χ2n) is 5.83. The maximum atomic E-state index is 11.3. The molecule has 0 radical (unpaired) electrons. The third-order valence-corrected chi connectivity index (χ3v) is 4.29. The normalized spacial score (nSPS) is 17.6. The van der Waals surface area contributed by atoms with Crippen LogP contribution in [0.1, 0.15) is 48.7 Å². The Labute approximate surface area is 117 Å². The summed E-state index contributed by atoms with van der Waals surface area (Å²) < 4.78 is 5.47. The van der Waals surface area contributed by atoms with Crippen LogP contribution in [0.2, 0.25) is 0 Å². The number of carboxylic acid groups (broad SMARTS) is 1. The molecule has 1 aliphatic carbocycles. The number of rotatable bonds is 4. The van der Waals surface area contributed by atoms with E-state index in [0.717, 1.165) is 23.8 Å². The zero-order valence-corrected chi connectivity index (χ0v) is 11.6. The minimum atomic E-state index is -1.01. The van der Waals surface area contributed by atoms with Crippen LogP contribution in [-0.4, -0.2) is 16.6 Å². The summed E-state index contributed by atoms with van der Waals surface area (Å²) in [6.07, 6.45) is 4.76. The van der Waals surface area contributed by atoms with Crippen molar-refractivity contribution in [1.82, 2.24) is 5.32 Å². The van der Waals surface area contributed by atoms with E-state index >= 15 is 0 Å². The summed E-state index contributed by atoms with van der Waals surface area (Å²) in [7, 11) is 0. The van der Waals surface area contributed by atoms with Gasteiger partial charge in [-0.3, -0.25) is 0 Å². The molecule has 2 N–H and O–H groups in total. The van der Waals surface area contributed by atoms with Crippen LogP contribution in [0.15, 0.2) is 28.7 Å². The Hall–Kier alpha value is -1.81. The predicted octanol–water partition coefficient (Wildman–Crippen LogP) is 3.55. The first-order valence-corrected chi connectivity index (χ1v) is 7.08. The number of furan rings is 1. The topological polar surface area (TPSA) is 62.5 Å². The van der Waals surface area contributed by atoms with Gasteiger partial charge >= 0.3 is 5.97 Å². The van der Waals surface area contributed by atoms with Gasteiger partial charge in [0, 0.05) is 23.0 Å². The number of hydrogen-bond acceptors (Lipinski definition) is 3. The molecule has 2 aromatic rings. The molecule has 0 unspecified atom stereocenters. The fourth-order valence-corrected chi connectivity index (χ4v) is 3.08. The summed E-state index contributed by atoms with van der Waals surface area (Å²) >= 11 is 0. The molecule has 0 aliphatic heterocycles. The summed E-state index contributed by atoms with van der Waals surface area (Å²) in [6.45, 7) is 2.75. The Balaban J connectivity index is 1.92. The van der Waals surface area contributed by atoms with Crippen molar-refractivity contribution in [1.29, 1.82) is 0 Å². The number of hydrogen-bond donors (Lipinski definition) is 2. The van der Waals surface area contributed by atoms with Gasteiger partial charge in [0.25, 0.3) is 0 Å². The smallest absolute Gasteiger partial charge is 0.372 e. The third-order valence-electron chi connectivity index (χ3n) is 4.29. The molecular formula is C16H19NO3. The predicted molar refractivity (Wildman–Crippen MR) is 76.9 cm³/mol. The standard InChI is InChI=1S/C16H19NO3/c1-16(8-4-5-9-16)17-10-12-11-6-2-3-7-13(11)20-14(12)15(18)19/h2-3,6-7,17H,4-5,8-10H2,1H3,(H,18,19). The van der Waals surface area contributed by atoms with Crippen LogP contribution in [0, 0.1) is 0 Å². The molecule has 3 rings (SSSR count). The average molecular weight is 273 g/mol. The van der Waals surface area contributed by atoms with Crippen molar-refractivity contribution >= 4 is 16.9 Å². The largest absolute Gasteiger partial charge is 0.475 e. The summed E-state index contributed by atoms with van der Waals surface area (Å²) in [4.78, 5) is 11.3. The first-order valence-electron chi connectivity index (χ1n) is 7.08. The van der Waals surface area contributed by atoms with Crippen LogP contribution in [0.25, 0.3) is 11.0 Å². The molecule has 0 amide bonds. The van der Waals surface area contributed by atoms with E-state index in [2.05, 4.69) is 12.2 Å². The molecule has 20 heavy (non-hydrogen) atoms. The van der Waals surface area contributed by atoms with Gasteiger partial charge in [-0.25, -0.2) is 4.79 Å². The Kier molecular flexibility index (Phi) is 3.26. The zero-order valence-electron chi connectivity index (χ0n) is 11.6. The number of fused-ring (bicyclic) bond motifs is 1. The number of carbonyl (C=O) groups is 1. The fraction of sp³-hybridized carbons (Fsp3) is 0.438. The average Bonchev–Trinajstić information content (AvgIpc) is 3.01. The summed E-state index contributed by atoms with van der Waals surface area (Å²) in [5.41, 5.74) is 1.51. The third kappa shape index (κ3) is 2.31. The van der Waals surface area contributed by atoms with Crippen LogP contribution in [0.3, 0.4) is 0 Å². The van der Waals surface area contributed by atoms with Gasteiger partial charge in [0.15, 0.2) is 0 Å². The van der Waals surface area contributed by atoms with Crippen LogP contribution < -0.4 is 5.32 Å². The van der Waals surface area contributed by atoms with Gasteiger partial charge in [0.1, 0.15) is 5.58 Å². The van der Waals surface area contributed by atoms with E-state index in [9.17, 15) is 9.90 Å². The van der Waals surface area contributed by atoms with E-state index in [1.165, 1.54) is 12.8 Å². The van der Waals surface area contributed by atoms with E-state index in [4.69, 9.17) is 4.42 Å². The highest BCUT2D eigenvalue weighted by Crippen LogP contribution is 2.31. The molecule has 1 saturated carbocycles. The molecule has 1 aromatic heterocycles. The van der Waals surface area contributed by atoms with Crippen molar-refractivity contribution < 1.29 is 14.3 Å². The molecule has 0 saturated heterocycles. The molecule has 1 heterocycles. The molecule has 0 bridgehead atoms. The van der Waals surface area contributed by atoms with Gasteiger partial charge in [0.2, 0.25) is 5.76 Å². The van der Waals surface area contributed by atoms with E-state index in [0.29, 0.717) is 12.1 Å². The summed E-state index contributed by atoms with van der Waals surface area (Å²) in [5, 5.41) is 13.7. The fourth-order valence-electron chi connectivity index (χ4n) is 3.08. The van der Waals surface area contributed by atoms with Crippen molar-refractivity contribution in [2.24, 2.45) is 0 Å². The van der Waals surface area contributed by atoms with Crippen LogP contribution in [0.5, 0.6) is 0 Å². The van der Waals surface area contributed by atoms with Crippen LogP contribution >= 0.6 is 0 Å². The maximum Gasteiger partial charge on any atom is 0.372 e. The highest BCUT2D eigenvalue weighted by molar-refractivity contribution is 5.95.